The first kappa shape index (κ1) is 16.8. The van der Waals surface area contributed by atoms with E-state index in [1.54, 1.807) is 6.07 Å². The van der Waals surface area contributed by atoms with Crippen molar-refractivity contribution in [1.29, 1.82) is 5.41 Å². The van der Waals surface area contributed by atoms with Crippen molar-refractivity contribution in [1.82, 2.24) is 4.57 Å². The van der Waals surface area contributed by atoms with Gasteiger partial charge < -0.3 is 10.4 Å². The van der Waals surface area contributed by atoms with E-state index < -0.39 is 11.6 Å². The maximum absolute atomic E-state index is 14.2. The van der Waals surface area contributed by atoms with Gasteiger partial charge in [0.2, 0.25) is 0 Å². The fourth-order valence-electron chi connectivity index (χ4n) is 3.31. The fraction of sp³-hybridized carbons (Fsp3) is 0.0500. The Morgan fingerprint density at radius 1 is 0.963 bits per heavy atom. The van der Waals surface area contributed by atoms with E-state index in [9.17, 15) is 8.78 Å². The van der Waals surface area contributed by atoms with Gasteiger partial charge >= 0.3 is 0 Å². The number of amidine groups is 1. The van der Waals surface area contributed by atoms with E-state index >= 15 is 0 Å². The number of halogens is 2. The molecule has 4 rings (SSSR count). The van der Waals surface area contributed by atoms with E-state index in [4.69, 9.17) is 11.3 Å². The third kappa shape index (κ3) is 2.93. The van der Waals surface area contributed by atoms with Crippen LogP contribution in [-0.2, 0) is 6.54 Å². The Hall–Kier alpha value is -3.61. The Labute approximate surface area is 153 Å². The second-order valence-electron chi connectivity index (χ2n) is 6.14. The second kappa shape index (κ2) is 6.60. The molecule has 27 heavy (non-hydrogen) atoms. The van der Waals surface area contributed by atoms with Crippen molar-refractivity contribution >= 4 is 27.6 Å². The van der Waals surface area contributed by atoms with E-state index in [1.807, 2.05) is 41.0 Å². The van der Waals surface area contributed by atoms with E-state index in [1.165, 1.54) is 12.1 Å². The molecule has 1 aromatic heterocycles. The summed E-state index contributed by atoms with van der Waals surface area (Å²) in [6, 6.07) is 16.8. The topological polar surface area (TPSA) is 79.5 Å². The maximum Gasteiger partial charge on any atom is 0.176 e. The molecule has 0 fully saturated rings. The highest BCUT2D eigenvalue weighted by atomic mass is 19.1. The number of hydrogen-bond donors (Lipinski definition) is 2. The molecule has 0 spiro atoms. The summed E-state index contributed by atoms with van der Waals surface area (Å²) in [7, 11) is 0. The third-order valence-corrected chi connectivity index (χ3v) is 4.55. The van der Waals surface area contributed by atoms with Crippen LogP contribution in [-0.4, -0.2) is 10.4 Å². The van der Waals surface area contributed by atoms with Crippen molar-refractivity contribution in [3.8, 4) is 0 Å². The first-order valence-electron chi connectivity index (χ1n) is 8.23. The van der Waals surface area contributed by atoms with Crippen molar-refractivity contribution in [2.45, 2.75) is 6.54 Å². The average molecular weight is 363 g/mol. The molecule has 0 unspecified atom stereocenters. The van der Waals surface area contributed by atoms with Crippen LogP contribution in [0.25, 0.3) is 21.8 Å². The van der Waals surface area contributed by atoms with Crippen LogP contribution in [0.2, 0.25) is 0 Å². The molecule has 5 nitrogen and oxygen atoms in total. The minimum absolute atomic E-state index is 0.0409. The molecule has 7 heteroatoms. The van der Waals surface area contributed by atoms with E-state index in [0.717, 1.165) is 27.9 Å². The van der Waals surface area contributed by atoms with Crippen molar-refractivity contribution in [2.24, 2.45) is 16.2 Å². The largest absolute Gasteiger partial charge is 0.336 e. The van der Waals surface area contributed by atoms with Gasteiger partial charge in [-0.15, -0.1) is 5.11 Å². The zero-order valence-electron chi connectivity index (χ0n) is 14.2. The van der Waals surface area contributed by atoms with Crippen molar-refractivity contribution in [2.75, 3.05) is 0 Å². The number of benzene rings is 3. The minimum atomic E-state index is -0.601. The summed E-state index contributed by atoms with van der Waals surface area (Å²) in [4.78, 5) is 0. The molecule has 0 amide bonds. The third-order valence-electron chi connectivity index (χ3n) is 4.55. The number of rotatable bonds is 3. The highest BCUT2D eigenvalue weighted by molar-refractivity contribution is 6.11. The molecule has 0 radical (unpaired) electrons. The second-order valence-corrected chi connectivity index (χ2v) is 6.14. The summed E-state index contributed by atoms with van der Waals surface area (Å²) in [5.74, 6) is 3.81. The Morgan fingerprint density at radius 2 is 1.74 bits per heavy atom. The van der Waals surface area contributed by atoms with Crippen LogP contribution in [0.4, 0.5) is 8.78 Å². The molecule has 0 bridgehead atoms. The number of aromatic nitrogens is 1. The number of nitrogens with one attached hydrogen (secondary N) is 1. The molecular weight excluding hydrogens is 348 g/mol. The fourth-order valence-corrected chi connectivity index (χ4v) is 3.31. The van der Waals surface area contributed by atoms with Crippen LogP contribution in [0.1, 0.15) is 11.1 Å². The molecule has 4 aromatic rings. The van der Waals surface area contributed by atoms with Crippen molar-refractivity contribution < 1.29 is 8.78 Å². The zero-order chi connectivity index (χ0) is 19.0. The van der Waals surface area contributed by atoms with Gasteiger partial charge in [-0.25, -0.2) is 8.78 Å². The monoisotopic (exact) mass is 363 g/mol. The molecule has 3 aromatic carbocycles. The smallest absolute Gasteiger partial charge is 0.176 e. The number of nitrogens with zero attached hydrogens (tertiary/aromatic N) is 3. The zero-order valence-corrected chi connectivity index (χ0v) is 14.2. The minimum Gasteiger partial charge on any atom is -0.336 e. The molecule has 0 atom stereocenters. The summed E-state index contributed by atoms with van der Waals surface area (Å²) in [5, 5.41) is 16.5. The molecule has 134 valence electrons. The lowest BCUT2D eigenvalue weighted by Crippen LogP contribution is -2.02. The number of nitrogens with two attached hydrogens (primary N) is 1. The molecular formula is C20H15F2N5. The normalized spacial score (nSPS) is 11.6. The molecule has 0 saturated carbocycles. The summed E-state index contributed by atoms with van der Waals surface area (Å²) < 4.78 is 29.4. The van der Waals surface area contributed by atoms with Gasteiger partial charge in [0.15, 0.2) is 5.84 Å². The summed E-state index contributed by atoms with van der Waals surface area (Å²) >= 11 is 0. The summed E-state index contributed by atoms with van der Waals surface area (Å²) in [6.45, 7) is 0.259. The van der Waals surface area contributed by atoms with Crippen LogP contribution < -0.4 is 5.84 Å². The highest BCUT2D eigenvalue weighted by Gasteiger charge is 2.14. The Bertz CT molecular complexity index is 1210. The standard InChI is InChI=1S/C20H15F2N5/c21-14-7-5-13(17(22)10-14)11-27-18-4-2-1-3-15(18)16-9-12(6-8-19(16)27)20(23)25-26-24/h1-10H,11H2,(H3,23,24,25). The first-order valence-corrected chi connectivity index (χ1v) is 8.23. The first-order chi connectivity index (χ1) is 13.1. The molecule has 0 saturated heterocycles. The quantitative estimate of drug-likeness (QED) is 0.178. The Morgan fingerprint density at radius 3 is 2.52 bits per heavy atom. The molecule has 1 heterocycles. The predicted octanol–water partition coefficient (Wildman–Crippen LogP) is 4.77. The van der Waals surface area contributed by atoms with Gasteiger partial charge in [-0.2, -0.15) is 0 Å². The number of fused-ring (bicyclic) bond motifs is 3. The highest BCUT2D eigenvalue weighted by Crippen LogP contribution is 2.31. The lowest BCUT2D eigenvalue weighted by molar-refractivity contribution is 0.568. The van der Waals surface area contributed by atoms with Gasteiger partial charge in [0, 0.05) is 39.0 Å². The van der Waals surface area contributed by atoms with Crippen molar-refractivity contribution in [3.05, 3.63) is 83.4 Å². The van der Waals surface area contributed by atoms with Gasteiger partial charge in [0.25, 0.3) is 0 Å². The Balaban J connectivity index is 1.92. The van der Waals surface area contributed by atoms with Gasteiger partial charge in [-0.1, -0.05) is 29.5 Å². The van der Waals surface area contributed by atoms with Gasteiger partial charge in [0.1, 0.15) is 11.6 Å². The SMILES string of the molecule is N=C(N=NN)c1ccc2c(c1)c1ccccc1n2Cc1ccc(F)cc1F. The molecule has 0 aliphatic carbocycles. The van der Waals surface area contributed by atoms with Gasteiger partial charge in [0.05, 0.1) is 6.54 Å². The number of para-hydroxylation sites is 1. The lowest BCUT2D eigenvalue weighted by atomic mass is 10.1. The van der Waals surface area contributed by atoms with Crippen LogP contribution in [0.15, 0.2) is 71.0 Å². The van der Waals surface area contributed by atoms with Crippen LogP contribution in [0.5, 0.6) is 0 Å². The molecule has 0 aliphatic heterocycles. The predicted molar refractivity (Wildman–Crippen MR) is 101 cm³/mol. The summed E-state index contributed by atoms with van der Waals surface area (Å²) in [5.41, 5.74) is 2.77. The van der Waals surface area contributed by atoms with E-state index in [2.05, 4.69) is 10.3 Å². The lowest BCUT2D eigenvalue weighted by Gasteiger charge is -2.09. The van der Waals surface area contributed by atoms with Crippen LogP contribution in [0.3, 0.4) is 0 Å². The maximum atomic E-state index is 14.2. The van der Waals surface area contributed by atoms with Gasteiger partial charge in [-0.05, 0) is 30.3 Å². The summed E-state index contributed by atoms with van der Waals surface area (Å²) in [6.07, 6.45) is 0. The van der Waals surface area contributed by atoms with E-state index in [0.29, 0.717) is 11.1 Å². The Kier molecular flexibility index (Phi) is 4.12. The average Bonchev–Trinajstić information content (AvgIpc) is 2.97. The van der Waals surface area contributed by atoms with Gasteiger partial charge in [-0.3, -0.25) is 5.41 Å². The van der Waals surface area contributed by atoms with Crippen LogP contribution >= 0.6 is 0 Å². The van der Waals surface area contributed by atoms with Crippen molar-refractivity contribution in [3.63, 3.8) is 0 Å². The van der Waals surface area contributed by atoms with Crippen LogP contribution in [0, 0.1) is 17.0 Å². The number of hydrogen-bond acceptors (Lipinski definition) is 2. The molecule has 0 aliphatic rings. The van der Waals surface area contributed by atoms with E-state index in [-0.39, 0.29) is 12.4 Å². The molecule has 3 N–H and O–H groups in total.